The molecule has 2 aromatic heterocycles. The monoisotopic (exact) mass is 653 g/mol. The number of urea groups is 1. The Morgan fingerprint density at radius 1 is 0.854 bits per heavy atom. The van der Waals surface area contributed by atoms with Crippen LogP contribution in [0.3, 0.4) is 0 Å². The summed E-state index contributed by atoms with van der Waals surface area (Å²) in [6.07, 6.45) is 2.47. The van der Waals surface area contributed by atoms with E-state index in [4.69, 9.17) is 14.5 Å². The first-order valence-electron chi connectivity index (χ1n) is 16.3. The van der Waals surface area contributed by atoms with Gasteiger partial charge in [-0.15, -0.1) is 5.10 Å². The molecule has 14 nitrogen and oxygen atoms in total. The number of imide groups is 1. The van der Waals surface area contributed by atoms with Crippen LogP contribution in [0.5, 0.6) is 11.5 Å². The van der Waals surface area contributed by atoms with Gasteiger partial charge in [0.15, 0.2) is 5.82 Å². The van der Waals surface area contributed by atoms with E-state index < -0.39 is 6.03 Å². The number of aromatic nitrogens is 4. The maximum absolute atomic E-state index is 12.9. The van der Waals surface area contributed by atoms with Crippen molar-refractivity contribution in [1.29, 1.82) is 0 Å². The molecule has 0 aliphatic carbocycles. The largest absolute Gasteiger partial charge is 0.497 e. The molecule has 48 heavy (non-hydrogen) atoms. The molecule has 3 saturated heterocycles. The third-order valence-electron chi connectivity index (χ3n) is 9.52. The van der Waals surface area contributed by atoms with Crippen molar-refractivity contribution >= 4 is 34.3 Å². The number of hydrogen-bond acceptors (Lipinski definition) is 11. The molecule has 2 aromatic carbocycles. The number of aromatic amines is 1. The quantitative estimate of drug-likeness (QED) is 0.289. The molecule has 3 aliphatic rings. The van der Waals surface area contributed by atoms with Crippen LogP contribution >= 0.6 is 0 Å². The van der Waals surface area contributed by atoms with Gasteiger partial charge < -0.3 is 19.4 Å². The highest BCUT2D eigenvalue weighted by Gasteiger charge is 2.29. The van der Waals surface area contributed by atoms with Crippen molar-refractivity contribution in [3.8, 4) is 22.9 Å². The van der Waals surface area contributed by atoms with Crippen LogP contribution in [0.4, 0.5) is 16.3 Å². The van der Waals surface area contributed by atoms with Crippen molar-refractivity contribution in [2.24, 2.45) is 0 Å². The highest BCUT2D eigenvalue weighted by atomic mass is 16.5. The number of piperidine rings is 1. The summed E-state index contributed by atoms with van der Waals surface area (Å²) in [6, 6.07) is 15.5. The summed E-state index contributed by atoms with van der Waals surface area (Å²) in [5, 5.41) is 11.3. The lowest BCUT2D eigenvalue weighted by Gasteiger charge is -2.43. The Morgan fingerprint density at radius 3 is 2.29 bits per heavy atom. The van der Waals surface area contributed by atoms with Gasteiger partial charge in [0.1, 0.15) is 22.7 Å². The molecule has 2 N–H and O–H groups in total. The summed E-state index contributed by atoms with van der Waals surface area (Å²) in [7, 11) is 3.10. The number of nitrogens with zero attached hydrogens (tertiary/aromatic N) is 7. The number of hydrogen-bond donors (Lipinski definition) is 2. The van der Waals surface area contributed by atoms with Gasteiger partial charge in [0.2, 0.25) is 5.91 Å². The number of amides is 3. The minimum Gasteiger partial charge on any atom is -0.497 e. The second-order valence-corrected chi connectivity index (χ2v) is 12.4. The Morgan fingerprint density at radius 2 is 1.62 bits per heavy atom. The number of fused-ring (bicyclic) bond motifs is 1. The van der Waals surface area contributed by atoms with E-state index in [0.29, 0.717) is 53.2 Å². The lowest BCUT2D eigenvalue weighted by molar-refractivity contribution is -0.120. The predicted octanol–water partition coefficient (Wildman–Crippen LogP) is 2.63. The summed E-state index contributed by atoms with van der Waals surface area (Å²) in [6.45, 7) is 6.96. The van der Waals surface area contributed by atoms with Crippen molar-refractivity contribution in [1.82, 2.24) is 35.3 Å². The molecule has 14 heteroatoms. The predicted molar refractivity (Wildman–Crippen MR) is 181 cm³/mol. The first-order valence-corrected chi connectivity index (χ1v) is 16.3. The van der Waals surface area contributed by atoms with Gasteiger partial charge in [0.25, 0.3) is 5.56 Å². The van der Waals surface area contributed by atoms with Crippen LogP contribution in [0.2, 0.25) is 0 Å². The molecular formula is C34H39N9O5. The molecule has 3 aliphatic heterocycles. The summed E-state index contributed by atoms with van der Waals surface area (Å²) < 4.78 is 10.8. The summed E-state index contributed by atoms with van der Waals surface area (Å²) in [5.74, 6) is 1.69. The Hall–Kier alpha value is -5.08. The normalized spacial score (nSPS) is 18.3. The van der Waals surface area contributed by atoms with Crippen LogP contribution in [0.1, 0.15) is 25.0 Å². The first kappa shape index (κ1) is 31.5. The smallest absolute Gasteiger partial charge is 0.329 e. The molecule has 7 rings (SSSR count). The number of H-pyrrole nitrogens is 1. The molecule has 4 aromatic rings. The van der Waals surface area contributed by atoms with Crippen LogP contribution < -0.4 is 30.1 Å². The lowest BCUT2D eigenvalue weighted by Crippen LogP contribution is -2.53. The zero-order chi connectivity index (χ0) is 33.2. The molecule has 250 valence electrons. The number of carbonyl (C=O) groups excluding carboxylic acids is 2. The van der Waals surface area contributed by atoms with Crippen molar-refractivity contribution in [2.75, 3.05) is 69.8 Å². The first-order chi connectivity index (χ1) is 23.4. The Labute approximate surface area is 277 Å². The number of carbonyl (C=O) groups is 2. The van der Waals surface area contributed by atoms with Crippen molar-refractivity contribution in [3.05, 3.63) is 64.6 Å². The second-order valence-electron chi connectivity index (χ2n) is 12.4. The molecule has 3 fully saturated rings. The number of nitrogens with one attached hydrogen (secondary N) is 2. The summed E-state index contributed by atoms with van der Waals surface area (Å²) >= 11 is 0. The van der Waals surface area contributed by atoms with Gasteiger partial charge in [-0.1, -0.05) is 0 Å². The zero-order valence-corrected chi connectivity index (χ0v) is 27.1. The van der Waals surface area contributed by atoms with Gasteiger partial charge in [-0.2, -0.15) is 5.10 Å². The highest BCUT2D eigenvalue weighted by molar-refractivity contribution is 6.05. The summed E-state index contributed by atoms with van der Waals surface area (Å²) in [4.78, 5) is 53.0. The Bertz CT molecular complexity index is 1850. The van der Waals surface area contributed by atoms with E-state index in [1.165, 1.54) is 12.0 Å². The number of ether oxygens (including phenoxy) is 2. The van der Waals surface area contributed by atoms with Crippen LogP contribution in [0, 0.1) is 0 Å². The number of methoxy groups -OCH3 is 2. The second kappa shape index (κ2) is 13.6. The van der Waals surface area contributed by atoms with Gasteiger partial charge in [-0.25, -0.2) is 9.78 Å². The van der Waals surface area contributed by atoms with Gasteiger partial charge >= 0.3 is 6.03 Å². The summed E-state index contributed by atoms with van der Waals surface area (Å²) in [5.41, 5.74) is 3.12. The highest BCUT2D eigenvalue weighted by Crippen LogP contribution is 2.30. The molecule has 0 spiro atoms. The van der Waals surface area contributed by atoms with Crippen molar-refractivity contribution in [2.45, 2.75) is 31.8 Å². The molecular weight excluding hydrogens is 614 g/mol. The fourth-order valence-electron chi connectivity index (χ4n) is 6.83. The van der Waals surface area contributed by atoms with E-state index in [9.17, 15) is 14.4 Å². The van der Waals surface area contributed by atoms with E-state index in [2.05, 4.69) is 47.3 Å². The molecule has 0 unspecified atom stereocenters. The average Bonchev–Trinajstić information content (AvgIpc) is 3.12. The minimum atomic E-state index is -0.454. The zero-order valence-electron chi connectivity index (χ0n) is 27.1. The molecule has 0 bridgehead atoms. The fourth-order valence-corrected chi connectivity index (χ4v) is 6.83. The van der Waals surface area contributed by atoms with Crippen LogP contribution in [0.15, 0.2) is 53.3 Å². The van der Waals surface area contributed by atoms with E-state index in [1.54, 1.807) is 25.3 Å². The fraction of sp³-hybridized carbons (Fsp3) is 0.412. The standard InChI is InChI=1S/C34H39N9O5/c1-47-26-19-27-31(28(20-26)48-2)33(45)37-32(35-27)22-3-6-24(7-4-22)41-12-9-25(10-13-41)42-17-15-40(16-18-42)21-23-5-8-29(39-38-23)43-14-11-30(44)36-34(43)46/h3-8,19-20,25H,9-18,21H2,1-2H3,(H,35,37,45)(H,36,44,46). The molecule has 3 amide bonds. The molecule has 0 atom stereocenters. The average molecular weight is 654 g/mol. The number of piperazine rings is 1. The molecule has 0 saturated carbocycles. The van der Waals surface area contributed by atoms with Crippen molar-refractivity contribution in [3.63, 3.8) is 0 Å². The van der Waals surface area contributed by atoms with E-state index in [1.807, 2.05) is 18.2 Å². The maximum atomic E-state index is 12.9. The molecule has 5 heterocycles. The Kier molecular flexibility index (Phi) is 8.91. The van der Waals surface area contributed by atoms with Gasteiger partial charge in [0, 0.05) is 88.2 Å². The number of benzene rings is 2. The van der Waals surface area contributed by atoms with Crippen LogP contribution in [0.25, 0.3) is 22.3 Å². The SMILES string of the molecule is COc1cc(OC)c2c(=O)[nH]c(-c3ccc(N4CCC(N5CCN(Cc6ccc(N7CCC(=O)NC7=O)nn6)CC5)CC4)cc3)nc2c1. The van der Waals surface area contributed by atoms with Crippen LogP contribution in [-0.4, -0.2) is 108 Å². The number of rotatable bonds is 8. The molecule has 0 radical (unpaired) electrons. The maximum Gasteiger partial charge on any atom is 0.329 e. The van der Waals surface area contributed by atoms with E-state index >= 15 is 0 Å². The lowest BCUT2D eigenvalue weighted by atomic mass is 10.0. The van der Waals surface area contributed by atoms with Gasteiger partial charge in [-0.3, -0.25) is 29.6 Å². The van der Waals surface area contributed by atoms with Crippen molar-refractivity contribution < 1.29 is 19.1 Å². The van der Waals surface area contributed by atoms with Crippen LogP contribution in [-0.2, 0) is 11.3 Å². The topological polar surface area (TPSA) is 149 Å². The van der Waals surface area contributed by atoms with Gasteiger partial charge in [-0.05, 0) is 49.2 Å². The third kappa shape index (κ3) is 6.53. The van der Waals surface area contributed by atoms with E-state index in [-0.39, 0.29) is 17.9 Å². The van der Waals surface area contributed by atoms with Gasteiger partial charge in [0.05, 0.1) is 25.4 Å². The third-order valence-corrected chi connectivity index (χ3v) is 9.52. The Balaban J connectivity index is 0.902. The number of anilines is 2. The minimum absolute atomic E-state index is 0.255. The van der Waals surface area contributed by atoms with E-state index in [0.717, 1.165) is 69.1 Å².